The lowest BCUT2D eigenvalue weighted by atomic mass is 10.1. The van der Waals surface area contributed by atoms with Crippen LogP contribution in [-0.2, 0) is 9.53 Å². The Morgan fingerprint density at radius 1 is 1.33 bits per heavy atom. The largest absolute Gasteiger partial charge is 0.508 e. The van der Waals surface area contributed by atoms with Gasteiger partial charge < -0.3 is 15.2 Å². The van der Waals surface area contributed by atoms with Gasteiger partial charge in [-0.3, -0.25) is 4.79 Å². The number of aromatic hydroxyl groups is 1. The van der Waals surface area contributed by atoms with Crippen molar-refractivity contribution in [1.82, 2.24) is 5.32 Å². The summed E-state index contributed by atoms with van der Waals surface area (Å²) in [5.41, 5.74) is 0.947. The molecule has 1 heterocycles. The van der Waals surface area contributed by atoms with Crippen LogP contribution in [0, 0.1) is 0 Å². The van der Waals surface area contributed by atoms with E-state index < -0.39 is 0 Å². The molecular weight excluding hydrogens is 194 g/mol. The minimum absolute atomic E-state index is 0.00516. The van der Waals surface area contributed by atoms with E-state index in [-0.39, 0.29) is 17.7 Å². The van der Waals surface area contributed by atoms with Crippen molar-refractivity contribution in [2.75, 3.05) is 13.2 Å². The Hall–Kier alpha value is -1.55. The van der Waals surface area contributed by atoms with Crippen molar-refractivity contribution in [3.63, 3.8) is 0 Å². The monoisotopic (exact) mass is 207 g/mol. The van der Waals surface area contributed by atoms with Crippen molar-refractivity contribution in [2.24, 2.45) is 0 Å². The topological polar surface area (TPSA) is 58.6 Å². The highest BCUT2D eigenvalue weighted by atomic mass is 16.5. The van der Waals surface area contributed by atoms with Gasteiger partial charge in [-0.1, -0.05) is 12.1 Å². The van der Waals surface area contributed by atoms with E-state index in [1.807, 2.05) is 0 Å². The van der Waals surface area contributed by atoms with Gasteiger partial charge in [-0.15, -0.1) is 0 Å². The van der Waals surface area contributed by atoms with Crippen LogP contribution >= 0.6 is 0 Å². The van der Waals surface area contributed by atoms with E-state index in [1.54, 1.807) is 24.3 Å². The minimum Gasteiger partial charge on any atom is -0.508 e. The average Bonchev–Trinajstić information content (AvgIpc) is 2.44. The number of amides is 1. The maximum Gasteiger partial charge on any atom is 0.222 e. The molecule has 80 valence electrons. The molecule has 15 heavy (non-hydrogen) atoms. The summed E-state index contributed by atoms with van der Waals surface area (Å²) in [7, 11) is 0. The molecule has 1 saturated heterocycles. The Kier molecular flexibility index (Phi) is 2.87. The van der Waals surface area contributed by atoms with Crippen molar-refractivity contribution in [3.05, 3.63) is 29.8 Å². The van der Waals surface area contributed by atoms with Crippen molar-refractivity contribution in [2.45, 2.75) is 12.5 Å². The smallest absolute Gasteiger partial charge is 0.222 e. The maximum atomic E-state index is 11.3. The van der Waals surface area contributed by atoms with Crippen LogP contribution in [0.4, 0.5) is 0 Å². The summed E-state index contributed by atoms with van der Waals surface area (Å²) < 4.78 is 5.32. The van der Waals surface area contributed by atoms with Gasteiger partial charge in [0.25, 0.3) is 0 Å². The van der Waals surface area contributed by atoms with Gasteiger partial charge >= 0.3 is 0 Å². The molecule has 4 nitrogen and oxygen atoms in total. The predicted molar refractivity (Wildman–Crippen MR) is 54.4 cm³/mol. The third-order valence-electron chi connectivity index (χ3n) is 2.39. The summed E-state index contributed by atoms with van der Waals surface area (Å²) in [5.74, 6) is 0.227. The Bertz CT molecular complexity index is 347. The molecule has 1 aliphatic rings. The molecule has 2 rings (SSSR count). The molecule has 1 aromatic rings. The molecule has 1 amide bonds. The van der Waals surface area contributed by atoms with Gasteiger partial charge in [0, 0.05) is 6.42 Å². The zero-order chi connectivity index (χ0) is 10.7. The van der Waals surface area contributed by atoms with Gasteiger partial charge in [0.1, 0.15) is 5.75 Å². The van der Waals surface area contributed by atoms with Crippen molar-refractivity contribution in [3.8, 4) is 5.75 Å². The second-order valence-corrected chi connectivity index (χ2v) is 3.54. The summed E-state index contributed by atoms with van der Waals surface area (Å²) in [6, 6.07) is 6.67. The first-order chi connectivity index (χ1) is 7.25. The molecule has 1 atom stereocenters. The normalized spacial score (nSPS) is 21.9. The maximum absolute atomic E-state index is 11.3. The molecule has 0 bridgehead atoms. The van der Waals surface area contributed by atoms with Crippen molar-refractivity contribution in [1.29, 1.82) is 0 Å². The minimum atomic E-state index is -0.111. The lowest BCUT2D eigenvalue weighted by Gasteiger charge is -2.15. The number of rotatable bonds is 1. The number of hydrogen-bond donors (Lipinski definition) is 2. The molecule has 4 heteroatoms. The van der Waals surface area contributed by atoms with Gasteiger partial charge in [-0.25, -0.2) is 0 Å². The number of ether oxygens (including phenoxy) is 1. The van der Waals surface area contributed by atoms with Crippen LogP contribution in [0.1, 0.15) is 18.0 Å². The first kappa shape index (κ1) is 9.98. The average molecular weight is 207 g/mol. The van der Waals surface area contributed by atoms with E-state index >= 15 is 0 Å². The van der Waals surface area contributed by atoms with Crippen LogP contribution in [0.15, 0.2) is 24.3 Å². The number of nitrogens with one attached hydrogen (secondary N) is 1. The number of carbonyl (C=O) groups is 1. The van der Waals surface area contributed by atoms with Gasteiger partial charge in [0.05, 0.1) is 19.3 Å². The molecule has 0 aromatic heterocycles. The van der Waals surface area contributed by atoms with E-state index in [0.29, 0.717) is 19.6 Å². The number of phenols is 1. The number of benzene rings is 1. The van der Waals surface area contributed by atoms with Gasteiger partial charge in [-0.05, 0) is 17.7 Å². The Morgan fingerprint density at radius 3 is 2.80 bits per heavy atom. The Morgan fingerprint density at radius 2 is 2.07 bits per heavy atom. The Balaban J connectivity index is 2.14. The highest BCUT2D eigenvalue weighted by molar-refractivity contribution is 5.76. The lowest BCUT2D eigenvalue weighted by molar-refractivity contribution is -0.121. The summed E-state index contributed by atoms with van der Waals surface area (Å²) in [6.45, 7) is 0.955. The number of phenolic OH excluding ortho intramolecular Hbond substituents is 1. The molecule has 2 N–H and O–H groups in total. The van der Waals surface area contributed by atoms with Crippen LogP contribution in [0.5, 0.6) is 5.75 Å². The van der Waals surface area contributed by atoms with Crippen LogP contribution in [0.2, 0.25) is 0 Å². The van der Waals surface area contributed by atoms with Crippen LogP contribution in [-0.4, -0.2) is 24.2 Å². The highest BCUT2D eigenvalue weighted by Crippen LogP contribution is 2.18. The SMILES string of the molecule is O=C1CCOCC(c2ccc(O)cc2)N1. The molecular formula is C11H13NO3. The summed E-state index contributed by atoms with van der Waals surface area (Å²) in [4.78, 5) is 11.3. The fourth-order valence-electron chi connectivity index (χ4n) is 1.56. The van der Waals surface area contributed by atoms with Gasteiger partial charge in [0.2, 0.25) is 5.91 Å². The molecule has 1 aromatic carbocycles. The standard InChI is InChI=1S/C11H13NO3/c13-9-3-1-8(2-4-9)10-7-15-6-5-11(14)12-10/h1-4,10,13H,5-7H2,(H,12,14). The van der Waals surface area contributed by atoms with Crippen molar-refractivity contribution >= 4 is 5.91 Å². The van der Waals surface area contributed by atoms with E-state index in [4.69, 9.17) is 9.84 Å². The number of carbonyl (C=O) groups excluding carboxylic acids is 1. The number of hydrogen-bond acceptors (Lipinski definition) is 3. The second-order valence-electron chi connectivity index (χ2n) is 3.54. The van der Waals surface area contributed by atoms with E-state index in [0.717, 1.165) is 5.56 Å². The third kappa shape index (κ3) is 2.47. The quantitative estimate of drug-likeness (QED) is 0.721. The molecule has 1 unspecified atom stereocenters. The molecule has 0 aliphatic carbocycles. The van der Waals surface area contributed by atoms with Gasteiger partial charge in [0.15, 0.2) is 0 Å². The first-order valence-corrected chi connectivity index (χ1v) is 4.92. The van der Waals surface area contributed by atoms with Crippen LogP contribution in [0.3, 0.4) is 0 Å². The predicted octanol–water partition coefficient (Wildman–Crippen LogP) is 0.970. The molecule has 0 saturated carbocycles. The molecule has 1 aliphatic heterocycles. The van der Waals surface area contributed by atoms with E-state index in [1.165, 1.54) is 0 Å². The fourth-order valence-corrected chi connectivity index (χ4v) is 1.56. The molecule has 0 radical (unpaired) electrons. The van der Waals surface area contributed by atoms with Gasteiger partial charge in [-0.2, -0.15) is 0 Å². The highest BCUT2D eigenvalue weighted by Gasteiger charge is 2.18. The third-order valence-corrected chi connectivity index (χ3v) is 2.39. The first-order valence-electron chi connectivity index (χ1n) is 4.92. The fraction of sp³-hybridized carbons (Fsp3) is 0.364. The lowest BCUT2D eigenvalue weighted by Crippen LogP contribution is -2.28. The summed E-state index contributed by atoms with van der Waals surface area (Å²) >= 11 is 0. The second kappa shape index (κ2) is 4.31. The zero-order valence-electron chi connectivity index (χ0n) is 8.27. The van der Waals surface area contributed by atoms with Crippen LogP contribution in [0.25, 0.3) is 0 Å². The van der Waals surface area contributed by atoms with Crippen LogP contribution < -0.4 is 5.32 Å². The van der Waals surface area contributed by atoms with Crippen molar-refractivity contribution < 1.29 is 14.6 Å². The van der Waals surface area contributed by atoms with E-state index in [9.17, 15) is 4.79 Å². The summed E-state index contributed by atoms with van der Waals surface area (Å²) in [5, 5.41) is 12.0. The molecule has 0 spiro atoms. The zero-order valence-corrected chi connectivity index (χ0v) is 8.27. The Labute approximate surface area is 87.9 Å². The van der Waals surface area contributed by atoms with E-state index in [2.05, 4.69) is 5.32 Å². The summed E-state index contributed by atoms with van der Waals surface area (Å²) in [6.07, 6.45) is 0.411. The molecule has 1 fully saturated rings.